The first-order valence-corrected chi connectivity index (χ1v) is 4.48. The zero-order chi connectivity index (χ0) is 10.4. The average molecular weight is 194 g/mol. The third-order valence-corrected chi connectivity index (χ3v) is 1.70. The number of carbonyl (C=O) groups excluding carboxylic acids is 1. The number of hydrogen-bond donors (Lipinski definition) is 2. The van der Waals surface area contributed by atoms with Crippen LogP contribution in [-0.4, -0.2) is 19.7 Å². The molecule has 0 aliphatic rings. The van der Waals surface area contributed by atoms with E-state index < -0.39 is 6.09 Å². The maximum Gasteiger partial charge on any atom is 0.411 e. The maximum atomic E-state index is 11.0. The standard InChI is InChI=1S/C10H14N2O2/c1-3-14-10(13)12-9-6-4-8(11-2)5-7-9/h4-7,11H,3H2,1-2H3,(H,12,13). The molecule has 0 fully saturated rings. The molecule has 4 nitrogen and oxygen atoms in total. The second-order valence-electron chi connectivity index (χ2n) is 2.67. The SMILES string of the molecule is CCOC(=O)Nc1ccc(NC)cc1. The van der Waals surface area contributed by atoms with Crippen molar-refractivity contribution in [2.45, 2.75) is 6.92 Å². The molecule has 0 unspecified atom stereocenters. The van der Waals surface area contributed by atoms with Crippen LogP contribution in [0.2, 0.25) is 0 Å². The van der Waals surface area contributed by atoms with Crippen molar-refractivity contribution in [2.75, 3.05) is 24.3 Å². The van der Waals surface area contributed by atoms with Crippen molar-refractivity contribution in [3.63, 3.8) is 0 Å². The molecule has 0 atom stereocenters. The summed E-state index contributed by atoms with van der Waals surface area (Å²) in [6.07, 6.45) is -0.426. The van der Waals surface area contributed by atoms with Gasteiger partial charge in [-0.05, 0) is 31.2 Å². The molecule has 1 aromatic rings. The fourth-order valence-corrected chi connectivity index (χ4v) is 1.01. The van der Waals surface area contributed by atoms with Gasteiger partial charge in [-0.2, -0.15) is 0 Å². The third-order valence-electron chi connectivity index (χ3n) is 1.70. The quantitative estimate of drug-likeness (QED) is 0.776. The minimum atomic E-state index is -0.426. The summed E-state index contributed by atoms with van der Waals surface area (Å²) in [5.74, 6) is 0. The maximum absolute atomic E-state index is 11.0. The summed E-state index contributed by atoms with van der Waals surface area (Å²) in [5.41, 5.74) is 1.72. The van der Waals surface area contributed by atoms with Crippen LogP contribution in [0.5, 0.6) is 0 Å². The Bertz CT molecular complexity index is 295. The van der Waals surface area contributed by atoms with E-state index in [2.05, 4.69) is 10.6 Å². The molecular formula is C10H14N2O2. The van der Waals surface area contributed by atoms with Gasteiger partial charge in [0.25, 0.3) is 0 Å². The normalized spacial score (nSPS) is 9.29. The lowest BCUT2D eigenvalue weighted by Gasteiger charge is -2.05. The molecule has 4 heteroatoms. The van der Waals surface area contributed by atoms with Crippen LogP contribution >= 0.6 is 0 Å². The molecule has 0 radical (unpaired) electrons. The van der Waals surface area contributed by atoms with E-state index in [1.807, 2.05) is 31.3 Å². The number of nitrogens with one attached hydrogen (secondary N) is 2. The van der Waals surface area contributed by atoms with Crippen LogP contribution in [0.1, 0.15) is 6.92 Å². The first-order chi connectivity index (χ1) is 6.76. The van der Waals surface area contributed by atoms with Gasteiger partial charge < -0.3 is 10.1 Å². The van der Waals surface area contributed by atoms with Crippen LogP contribution in [0.15, 0.2) is 24.3 Å². The van der Waals surface area contributed by atoms with Gasteiger partial charge >= 0.3 is 6.09 Å². The van der Waals surface area contributed by atoms with E-state index >= 15 is 0 Å². The van der Waals surface area contributed by atoms with Gasteiger partial charge in [-0.3, -0.25) is 5.32 Å². The highest BCUT2D eigenvalue weighted by Crippen LogP contribution is 2.12. The highest BCUT2D eigenvalue weighted by atomic mass is 16.5. The number of hydrogen-bond acceptors (Lipinski definition) is 3. The van der Waals surface area contributed by atoms with E-state index in [0.717, 1.165) is 11.4 Å². The van der Waals surface area contributed by atoms with Crippen molar-refractivity contribution >= 4 is 17.5 Å². The van der Waals surface area contributed by atoms with E-state index in [4.69, 9.17) is 4.74 Å². The number of benzene rings is 1. The molecule has 1 rings (SSSR count). The lowest BCUT2D eigenvalue weighted by molar-refractivity contribution is 0.168. The summed E-state index contributed by atoms with van der Waals surface area (Å²) in [7, 11) is 1.84. The second-order valence-corrected chi connectivity index (χ2v) is 2.67. The number of ether oxygens (including phenoxy) is 1. The lowest BCUT2D eigenvalue weighted by atomic mass is 10.3. The van der Waals surface area contributed by atoms with Crippen molar-refractivity contribution in [3.8, 4) is 0 Å². The van der Waals surface area contributed by atoms with Crippen LogP contribution in [0.4, 0.5) is 16.2 Å². The summed E-state index contributed by atoms with van der Waals surface area (Å²) in [6, 6.07) is 7.37. The van der Waals surface area contributed by atoms with Crippen molar-refractivity contribution < 1.29 is 9.53 Å². The zero-order valence-electron chi connectivity index (χ0n) is 8.33. The Morgan fingerprint density at radius 2 is 1.86 bits per heavy atom. The van der Waals surface area contributed by atoms with Crippen molar-refractivity contribution in [2.24, 2.45) is 0 Å². The molecule has 0 aliphatic heterocycles. The number of carbonyl (C=O) groups is 1. The van der Waals surface area contributed by atoms with E-state index in [-0.39, 0.29) is 0 Å². The third kappa shape index (κ3) is 2.97. The van der Waals surface area contributed by atoms with Crippen LogP contribution in [0, 0.1) is 0 Å². The monoisotopic (exact) mass is 194 g/mol. The molecule has 14 heavy (non-hydrogen) atoms. The van der Waals surface area contributed by atoms with Crippen LogP contribution in [0.3, 0.4) is 0 Å². The fraction of sp³-hybridized carbons (Fsp3) is 0.300. The van der Waals surface area contributed by atoms with E-state index in [1.54, 1.807) is 6.92 Å². The molecule has 1 amide bonds. The van der Waals surface area contributed by atoms with Crippen LogP contribution < -0.4 is 10.6 Å². The van der Waals surface area contributed by atoms with E-state index in [0.29, 0.717) is 6.61 Å². The Morgan fingerprint density at radius 3 is 2.36 bits per heavy atom. The van der Waals surface area contributed by atoms with Gasteiger partial charge in [-0.1, -0.05) is 0 Å². The summed E-state index contributed by atoms with van der Waals surface area (Å²) in [5, 5.41) is 5.59. The molecule has 0 aromatic heterocycles. The Kier molecular flexibility index (Phi) is 3.79. The Balaban J connectivity index is 2.55. The topological polar surface area (TPSA) is 50.4 Å². The highest BCUT2D eigenvalue weighted by molar-refractivity contribution is 5.84. The molecule has 2 N–H and O–H groups in total. The molecule has 0 saturated heterocycles. The van der Waals surface area contributed by atoms with Gasteiger partial charge in [-0.15, -0.1) is 0 Å². The smallest absolute Gasteiger partial charge is 0.411 e. The van der Waals surface area contributed by atoms with E-state index in [1.165, 1.54) is 0 Å². The molecular weight excluding hydrogens is 180 g/mol. The van der Waals surface area contributed by atoms with Gasteiger partial charge in [-0.25, -0.2) is 4.79 Å². The average Bonchev–Trinajstić information content (AvgIpc) is 2.19. The number of amides is 1. The molecule has 0 aliphatic carbocycles. The van der Waals surface area contributed by atoms with Crippen molar-refractivity contribution in [1.29, 1.82) is 0 Å². The largest absolute Gasteiger partial charge is 0.450 e. The molecule has 0 spiro atoms. The summed E-state index contributed by atoms with van der Waals surface area (Å²) in [6.45, 7) is 2.14. The van der Waals surface area contributed by atoms with Crippen molar-refractivity contribution in [3.05, 3.63) is 24.3 Å². The zero-order valence-corrected chi connectivity index (χ0v) is 8.33. The fourth-order valence-electron chi connectivity index (χ4n) is 1.01. The molecule has 0 bridgehead atoms. The van der Waals surface area contributed by atoms with E-state index in [9.17, 15) is 4.79 Å². The summed E-state index contributed by atoms with van der Waals surface area (Å²) >= 11 is 0. The Morgan fingerprint density at radius 1 is 1.29 bits per heavy atom. The minimum Gasteiger partial charge on any atom is -0.450 e. The molecule has 76 valence electrons. The van der Waals surface area contributed by atoms with Gasteiger partial charge in [0.2, 0.25) is 0 Å². The first kappa shape index (κ1) is 10.4. The summed E-state index contributed by atoms with van der Waals surface area (Å²) in [4.78, 5) is 11.0. The lowest BCUT2D eigenvalue weighted by Crippen LogP contribution is -2.13. The first-order valence-electron chi connectivity index (χ1n) is 4.48. The highest BCUT2D eigenvalue weighted by Gasteiger charge is 2.00. The van der Waals surface area contributed by atoms with Gasteiger partial charge in [0.1, 0.15) is 0 Å². The van der Waals surface area contributed by atoms with Gasteiger partial charge in [0.05, 0.1) is 6.61 Å². The van der Waals surface area contributed by atoms with Crippen molar-refractivity contribution in [1.82, 2.24) is 0 Å². The molecule has 0 heterocycles. The van der Waals surface area contributed by atoms with Crippen LogP contribution in [-0.2, 0) is 4.74 Å². The minimum absolute atomic E-state index is 0.375. The predicted octanol–water partition coefficient (Wildman–Crippen LogP) is 2.30. The number of rotatable bonds is 3. The Hall–Kier alpha value is -1.71. The second kappa shape index (κ2) is 5.11. The summed E-state index contributed by atoms with van der Waals surface area (Å²) < 4.78 is 4.74. The predicted molar refractivity (Wildman–Crippen MR) is 56.6 cm³/mol. The molecule has 1 aromatic carbocycles. The molecule has 0 saturated carbocycles. The van der Waals surface area contributed by atoms with Gasteiger partial charge in [0.15, 0.2) is 0 Å². The van der Waals surface area contributed by atoms with Gasteiger partial charge in [0, 0.05) is 18.4 Å². The Labute approximate surface area is 83.3 Å². The van der Waals surface area contributed by atoms with Crippen LogP contribution in [0.25, 0.3) is 0 Å². The number of anilines is 2.